The maximum atomic E-state index is 12.2. The zero-order chi connectivity index (χ0) is 20.0. The maximum Gasteiger partial charge on any atom is 0.342 e. The first-order valence-electron chi connectivity index (χ1n) is 8.03. The Balaban J connectivity index is 1.95. The van der Waals surface area contributed by atoms with E-state index in [1.165, 1.54) is 26.2 Å². The van der Waals surface area contributed by atoms with Crippen LogP contribution in [0.3, 0.4) is 0 Å². The number of rotatable bonds is 7. The molecule has 2 rings (SSSR count). The maximum absolute atomic E-state index is 12.2. The molecule has 27 heavy (non-hydrogen) atoms. The van der Waals surface area contributed by atoms with E-state index in [9.17, 15) is 14.7 Å². The smallest absolute Gasteiger partial charge is 0.342 e. The third-order valence-corrected chi connectivity index (χ3v) is 4.24. The summed E-state index contributed by atoms with van der Waals surface area (Å²) in [6.45, 7) is 1.68. The predicted molar refractivity (Wildman–Crippen MR) is 102 cm³/mol. The summed E-state index contributed by atoms with van der Waals surface area (Å²) in [6, 6.07) is 9.65. The molecule has 2 aromatic rings. The summed E-state index contributed by atoms with van der Waals surface area (Å²) in [4.78, 5) is 24.3. The van der Waals surface area contributed by atoms with E-state index in [2.05, 4.69) is 21.2 Å². The Hall–Kier alpha value is -2.74. The van der Waals surface area contributed by atoms with Crippen molar-refractivity contribution < 1.29 is 28.9 Å². The van der Waals surface area contributed by atoms with E-state index in [-0.39, 0.29) is 17.9 Å². The molecule has 0 aliphatic heterocycles. The van der Waals surface area contributed by atoms with Crippen LogP contribution < -0.4 is 14.8 Å². The van der Waals surface area contributed by atoms with Crippen LogP contribution in [0, 0.1) is 0 Å². The quantitative estimate of drug-likeness (QED) is 0.646. The van der Waals surface area contributed by atoms with Gasteiger partial charge >= 0.3 is 5.97 Å². The van der Waals surface area contributed by atoms with Gasteiger partial charge in [0.25, 0.3) is 5.91 Å². The van der Waals surface area contributed by atoms with Crippen LogP contribution in [-0.4, -0.2) is 37.3 Å². The van der Waals surface area contributed by atoms with E-state index in [0.717, 1.165) is 5.56 Å². The molecule has 0 fully saturated rings. The van der Waals surface area contributed by atoms with E-state index in [0.29, 0.717) is 16.0 Å². The Morgan fingerprint density at radius 1 is 1.11 bits per heavy atom. The first-order valence-corrected chi connectivity index (χ1v) is 8.83. The highest BCUT2D eigenvalue weighted by Crippen LogP contribution is 2.27. The highest BCUT2D eigenvalue weighted by Gasteiger charge is 2.21. The zero-order valence-electron chi connectivity index (χ0n) is 15.1. The molecule has 2 aromatic carbocycles. The van der Waals surface area contributed by atoms with Gasteiger partial charge in [-0.3, -0.25) is 4.79 Å². The summed E-state index contributed by atoms with van der Waals surface area (Å²) in [7, 11) is 3.07. The van der Waals surface area contributed by atoms with E-state index in [1.54, 1.807) is 31.4 Å². The molecule has 8 heteroatoms. The fourth-order valence-corrected chi connectivity index (χ4v) is 2.63. The van der Waals surface area contributed by atoms with Gasteiger partial charge in [0.05, 0.1) is 14.2 Å². The largest absolute Gasteiger partial charge is 0.507 e. The van der Waals surface area contributed by atoms with Crippen molar-refractivity contribution in [1.29, 1.82) is 0 Å². The first kappa shape index (κ1) is 20.6. The predicted octanol–water partition coefficient (Wildman–Crippen LogP) is 3.03. The van der Waals surface area contributed by atoms with Crippen molar-refractivity contribution >= 4 is 27.8 Å². The first-order chi connectivity index (χ1) is 12.8. The van der Waals surface area contributed by atoms with Crippen molar-refractivity contribution in [3.05, 3.63) is 52.0 Å². The minimum atomic E-state index is -1.03. The second kappa shape index (κ2) is 9.27. The molecule has 0 saturated heterocycles. The summed E-state index contributed by atoms with van der Waals surface area (Å²) in [5.74, 6) is -0.339. The number of phenols is 1. The number of halogens is 1. The molecule has 1 unspecified atom stereocenters. The number of benzene rings is 2. The lowest BCUT2D eigenvalue weighted by atomic mass is 10.2. The Labute approximate surface area is 165 Å². The monoisotopic (exact) mass is 437 g/mol. The number of hydrogen-bond acceptors (Lipinski definition) is 6. The molecule has 0 aliphatic rings. The lowest BCUT2D eigenvalue weighted by molar-refractivity contribution is -0.129. The number of nitrogens with one attached hydrogen (secondary N) is 1. The van der Waals surface area contributed by atoms with Crippen LogP contribution >= 0.6 is 15.9 Å². The Bertz CT molecular complexity index is 839. The van der Waals surface area contributed by atoms with Crippen LogP contribution in [0.25, 0.3) is 0 Å². The van der Waals surface area contributed by atoms with Crippen molar-refractivity contribution in [1.82, 2.24) is 5.32 Å². The fourth-order valence-electron chi connectivity index (χ4n) is 2.27. The summed E-state index contributed by atoms with van der Waals surface area (Å²) >= 11 is 3.22. The number of aromatic hydroxyl groups is 1. The molecule has 1 amide bonds. The number of ether oxygens (including phenoxy) is 3. The number of methoxy groups -OCH3 is 2. The van der Waals surface area contributed by atoms with Gasteiger partial charge in [0.2, 0.25) is 0 Å². The van der Waals surface area contributed by atoms with E-state index >= 15 is 0 Å². The summed E-state index contributed by atoms with van der Waals surface area (Å²) < 4.78 is 16.1. The van der Waals surface area contributed by atoms with Crippen LogP contribution in [-0.2, 0) is 16.1 Å². The minimum Gasteiger partial charge on any atom is -0.507 e. The molecule has 7 nitrogen and oxygen atoms in total. The minimum absolute atomic E-state index is 0.0242. The normalized spacial score (nSPS) is 11.4. The number of carbonyl (C=O) groups is 2. The van der Waals surface area contributed by atoms with E-state index in [4.69, 9.17) is 14.2 Å². The molecule has 0 aliphatic carbocycles. The molecular weight excluding hydrogens is 418 g/mol. The van der Waals surface area contributed by atoms with Gasteiger partial charge in [-0.15, -0.1) is 0 Å². The van der Waals surface area contributed by atoms with Gasteiger partial charge in [-0.2, -0.15) is 0 Å². The van der Waals surface area contributed by atoms with Crippen molar-refractivity contribution in [2.45, 2.75) is 19.6 Å². The lowest BCUT2D eigenvalue weighted by Crippen LogP contribution is -2.35. The Morgan fingerprint density at radius 2 is 1.81 bits per heavy atom. The van der Waals surface area contributed by atoms with Gasteiger partial charge < -0.3 is 24.6 Å². The number of carbonyl (C=O) groups excluding carboxylic acids is 2. The molecule has 1 atom stereocenters. The molecule has 0 radical (unpaired) electrons. The van der Waals surface area contributed by atoms with Crippen LogP contribution in [0.2, 0.25) is 0 Å². The van der Waals surface area contributed by atoms with Crippen LogP contribution in [0.5, 0.6) is 17.2 Å². The SMILES string of the molecule is COc1ccc(CNC(=O)C(C)OC(=O)c2cc(Br)ccc2O)cc1OC. The molecule has 0 heterocycles. The van der Waals surface area contributed by atoms with Crippen molar-refractivity contribution in [2.75, 3.05) is 14.2 Å². The van der Waals surface area contributed by atoms with Crippen LogP contribution in [0.4, 0.5) is 0 Å². The second-order valence-electron chi connectivity index (χ2n) is 5.62. The van der Waals surface area contributed by atoms with Gasteiger partial charge in [-0.05, 0) is 42.8 Å². The number of amides is 1. The zero-order valence-corrected chi connectivity index (χ0v) is 16.7. The molecule has 144 valence electrons. The van der Waals surface area contributed by atoms with Crippen LogP contribution in [0.15, 0.2) is 40.9 Å². The van der Waals surface area contributed by atoms with Crippen molar-refractivity contribution in [3.8, 4) is 17.2 Å². The second-order valence-corrected chi connectivity index (χ2v) is 6.53. The summed E-state index contributed by atoms with van der Waals surface area (Å²) in [5.41, 5.74) is 0.771. The molecular formula is C19H20BrNO6. The number of phenolic OH excluding ortho intramolecular Hbond substituents is 1. The summed E-state index contributed by atoms with van der Waals surface area (Å²) in [5, 5.41) is 12.4. The third kappa shape index (κ3) is 5.37. The topological polar surface area (TPSA) is 94.1 Å². The highest BCUT2D eigenvalue weighted by molar-refractivity contribution is 9.10. The van der Waals surface area contributed by atoms with Gasteiger partial charge in [0.1, 0.15) is 11.3 Å². The fraction of sp³-hybridized carbons (Fsp3) is 0.263. The summed E-state index contributed by atoms with van der Waals surface area (Å²) in [6.07, 6.45) is -1.03. The molecule has 0 aromatic heterocycles. The third-order valence-electron chi connectivity index (χ3n) is 3.75. The average molecular weight is 438 g/mol. The Kier molecular flexibility index (Phi) is 7.06. The van der Waals surface area contributed by atoms with Crippen molar-refractivity contribution in [2.24, 2.45) is 0 Å². The Morgan fingerprint density at radius 3 is 2.48 bits per heavy atom. The number of esters is 1. The van der Waals surface area contributed by atoms with E-state index in [1.807, 2.05) is 0 Å². The number of hydrogen-bond donors (Lipinski definition) is 2. The highest BCUT2D eigenvalue weighted by atomic mass is 79.9. The molecule has 0 spiro atoms. The van der Waals surface area contributed by atoms with Gasteiger partial charge in [0, 0.05) is 11.0 Å². The van der Waals surface area contributed by atoms with Gasteiger partial charge in [-0.1, -0.05) is 22.0 Å². The van der Waals surface area contributed by atoms with E-state index < -0.39 is 18.0 Å². The molecule has 0 saturated carbocycles. The average Bonchev–Trinajstić information content (AvgIpc) is 2.67. The van der Waals surface area contributed by atoms with Gasteiger partial charge in [0.15, 0.2) is 17.6 Å². The molecule has 0 bridgehead atoms. The van der Waals surface area contributed by atoms with Crippen molar-refractivity contribution in [3.63, 3.8) is 0 Å². The van der Waals surface area contributed by atoms with Crippen LogP contribution in [0.1, 0.15) is 22.8 Å². The lowest BCUT2D eigenvalue weighted by Gasteiger charge is -2.15. The molecule has 2 N–H and O–H groups in total. The standard InChI is InChI=1S/C19H20BrNO6/c1-11(27-19(24)14-9-13(20)5-6-15(14)22)18(23)21-10-12-4-7-16(25-2)17(8-12)26-3/h4-9,11,22H,10H2,1-3H3,(H,21,23). The van der Waals surface area contributed by atoms with Gasteiger partial charge in [-0.25, -0.2) is 4.79 Å².